The summed E-state index contributed by atoms with van der Waals surface area (Å²) in [4.78, 5) is 34.0. The summed E-state index contributed by atoms with van der Waals surface area (Å²) in [7, 11) is 0. The van der Waals surface area contributed by atoms with Crippen molar-refractivity contribution in [2.75, 3.05) is 5.32 Å². The maximum atomic E-state index is 13.9. The van der Waals surface area contributed by atoms with E-state index in [0.717, 1.165) is 6.20 Å². The highest BCUT2D eigenvalue weighted by atomic mass is 35.5. The van der Waals surface area contributed by atoms with E-state index in [2.05, 4.69) is 5.32 Å². The van der Waals surface area contributed by atoms with Crippen LogP contribution in [0, 0.1) is 5.82 Å². The lowest BCUT2D eigenvalue weighted by molar-refractivity contribution is -0.222. The van der Waals surface area contributed by atoms with Crippen LogP contribution in [-0.2, 0) is 19.1 Å². The number of halogens is 2. The number of rotatable bonds is 3. The molecule has 1 aliphatic heterocycles. The van der Waals surface area contributed by atoms with Crippen LogP contribution in [0.5, 0.6) is 0 Å². The molecular weight excluding hydrogens is 317 g/mol. The predicted octanol–water partition coefficient (Wildman–Crippen LogP) is 2.42. The summed E-state index contributed by atoms with van der Waals surface area (Å²) in [5.41, 5.74) is -0.557. The Labute approximate surface area is 129 Å². The average Bonchev–Trinajstić information content (AvgIpc) is 2.41. The number of hydrogen-bond acceptors (Lipinski definition) is 6. The van der Waals surface area contributed by atoms with Crippen molar-refractivity contribution in [3.63, 3.8) is 0 Å². The van der Waals surface area contributed by atoms with E-state index in [4.69, 9.17) is 21.1 Å². The van der Waals surface area contributed by atoms with Crippen molar-refractivity contribution in [1.82, 2.24) is 0 Å². The van der Waals surface area contributed by atoms with Crippen molar-refractivity contribution in [2.24, 2.45) is 0 Å². The molecule has 6 nitrogen and oxygen atoms in total. The molecule has 116 valence electrons. The largest absolute Gasteiger partial charge is 0.419 e. The Balaban J connectivity index is 2.26. The molecule has 0 spiro atoms. The molecule has 22 heavy (non-hydrogen) atoms. The molecule has 0 bridgehead atoms. The molecule has 1 aromatic carbocycles. The van der Waals surface area contributed by atoms with E-state index in [1.807, 2.05) is 0 Å². The monoisotopic (exact) mass is 327 g/mol. The van der Waals surface area contributed by atoms with Gasteiger partial charge >= 0.3 is 11.9 Å². The van der Waals surface area contributed by atoms with Gasteiger partial charge in [0.25, 0.3) is 5.79 Å². The number of cyclic esters (lactones) is 2. The highest BCUT2D eigenvalue weighted by molar-refractivity contribution is 6.33. The van der Waals surface area contributed by atoms with Crippen LogP contribution < -0.4 is 5.32 Å². The number of ether oxygens (including phenoxy) is 2. The SMILES string of the molecule is CC1(C)OC(=O)C(=CNc2ccc(C=O)c(Cl)c2F)C(=O)O1. The Morgan fingerprint density at radius 1 is 1.23 bits per heavy atom. The molecule has 1 saturated heterocycles. The lowest BCUT2D eigenvalue weighted by Crippen LogP contribution is -2.42. The van der Waals surface area contributed by atoms with E-state index >= 15 is 0 Å². The van der Waals surface area contributed by atoms with E-state index in [1.54, 1.807) is 0 Å². The standard InChI is InChI=1S/C14H11ClFNO5/c1-14(2)21-12(19)8(13(20)22-14)5-17-9-4-3-7(6-18)10(15)11(9)16/h3-6,17H,1-2H3. The second-order valence-corrected chi connectivity index (χ2v) is 5.21. The Hall–Kier alpha value is -2.41. The fourth-order valence-corrected chi connectivity index (χ4v) is 1.90. The maximum absolute atomic E-state index is 13.9. The minimum absolute atomic E-state index is 0.0180. The molecule has 0 aliphatic carbocycles. The van der Waals surface area contributed by atoms with Crippen molar-refractivity contribution in [3.05, 3.63) is 40.3 Å². The maximum Gasteiger partial charge on any atom is 0.350 e. The quantitative estimate of drug-likeness (QED) is 0.397. The van der Waals surface area contributed by atoms with Gasteiger partial charge in [0, 0.05) is 25.6 Å². The summed E-state index contributed by atoms with van der Waals surface area (Å²) in [6.45, 7) is 2.81. The van der Waals surface area contributed by atoms with E-state index in [9.17, 15) is 18.8 Å². The lowest BCUT2D eigenvalue weighted by Gasteiger charge is -2.29. The third kappa shape index (κ3) is 3.09. The molecule has 0 unspecified atom stereocenters. The van der Waals surface area contributed by atoms with E-state index in [-0.39, 0.29) is 16.3 Å². The Morgan fingerprint density at radius 2 is 1.82 bits per heavy atom. The van der Waals surface area contributed by atoms with Crippen LogP contribution in [0.1, 0.15) is 24.2 Å². The van der Waals surface area contributed by atoms with Gasteiger partial charge in [-0.3, -0.25) is 4.79 Å². The van der Waals surface area contributed by atoms with Crippen LogP contribution >= 0.6 is 11.6 Å². The van der Waals surface area contributed by atoms with Crippen LogP contribution in [0.15, 0.2) is 23.9 Å². The summed E-state index contributed by atoms with van der Waals surface area (Å²) in [5, 5.41) is 2.06. The molecule has 2 rings (SSSR count). The van der Waals surface area contributed by atoms with Gasteiger partial charge in [0.05, 0.1) is 10.7 Å². The molecule has 1 aromatic rings. The van der Waals surface area contributed by atoms with Gasteiger partial charge in [-0.25, -0.2) is 14.0 Å². The third-order valence-corrected chi connectivity index (χ3v) is 3.11. The molecule has 0 radical (unpaired) electrons. The first-order valence-electron chi connectivity index (χ1n) is 6.12. The number of anilines is 1. The van der Waals surface area contributed by atoms with Gasteiger partial charge in [-0.15, -0.1) is 0 Å². The molecule has 0 aromatic heterocycles. The molecule has 1 N–H and O–H groups in total. The van der Waals surface area contributed by atoms with Gasteiger partial charge < -0.3 is 14.8 Å². The lowest BCUT2D eigenvalue weighted by atomic mass is 10.2. The first-order chi connectivity index (χ1) is 10.2. The van der Waals surface area contributed by atoms with Crippen molar-refractivity contribution >= 4 is 35.5 Å². The molecule has 1 heterocycles. The van der Waals surface area contributed by atoms with Crippen LogP contribution in [0.2, 0.25) is 5.02 Å². The van der Waals surface area contributed by atoms with E-state index < -0.39 is 29.1 Å². The molecular formula is C14H11ClFNO5. The molecule has 8 heteroatoms. The molecule has 1 aliphatic rings. The smallest absolute Gasteiger partial charge is 0.350 e. The summed E-state index contributed by atoms with van der Waals surface area (Å²) < 4.78 is 23.7. The Bertz CT molecular complexity index is 677. The van der Waals surface area contributed by atoms with Gasteiger partial charge in [0.1, 0.15) is 0 Å². The van der Waals surface area contributed by atoms with Crippen molar-refractivity contribution < 1.29 is 28.2 Å². The van der Waals surface area contributed by atoms with Crippen LogP contribution in [0.3, 0.4) is 0 Å². The third-order valence-electron chi connectivity index (χ3n) is 2.73. The van der Waals surface area contributed by atoms with Gasteiger partial charge in [-0.1, -0.05) is 11.6 Å². The summed E-state index contributed by atoms with van der Waals surface area (Å²) in [6, 6.07) is 2.53. The van der Waals surface area contributed by atoms with Crippen molar-refractivity contribution in [1.29, 1.82) is 0 Å². The molecule has 0 atom stereocenters. The van der Waals surface area contributed by atoms with Gasteiger partial charge in [-0.2, -0.15) is 0 Å². The number of hydrogen-bond donors (Lipinski definition) is 1. The van der Waals surface area contributed by atoms with Gasteiger partial charge in [0.15, 0.2) is 17.7 Å². The van der Waals surface area contributed by atoms with E-state index in [1.165, 1.54) is 26.0 Å². The van der Waals surface area contributed by atoms with Crippen molar-refractivity contribution in [3.8, 4) is 0 Å². The predicted molar refractivity (Wildman–Crippen MR) is 74.8 cm³/mol. The summed E-state index contributed by atoms with van der Waals surface area (Å²) in [6.07, 6.45) is 1.36. The second kappa shape index (κ2) is 5.76. The number of aldehydes is 1. The highest BCUT2D eigenvalue weighted by Crippen LogP contribution is 2.27. The van der Waals surface area contributed by atoms with Crippen LogP contribution in [-0.4, -0.2) is 24.0 Å². The number of benzene rings is 1. The molecule has 0 saturated carbocycles. The zero-order chi connectivity index (χ0) is 16.5. The molecule has 1 fully saturated rings. The summed E-state index contributed by atoms with van der Waals surface area (Å²) >= 11 is 5.66. The zero-order valence-electron chi connectivity index (χ0n) is 11.6. The fourth-order valence-electron chi connectivity index (χ4n) is 1.70. The normalized spacial score (nSPS) is 16.6. The minimum Gasteiger partial charge on any atom is -0.419 e. The van der Waals surface area contributed by atoms with Crippen molar-refractivity contribution in [2.45, 2.75) is 19.6 Å². The Morgan fingerprint density at radius 3 is 2.36 bits per heavy atom. The first-order valence-corrected chi connectivity index (χ1v) is 6.49. The zero-order valence-corrected chi connectivity index (χ0v) is 12.4. The fraction of sp³-hybridized carbons (Fsp3) is 0.214. The molecule has 0 amide bonds. The minimum atomic E-state index is -1.36. The first kappa shape index (κ1) is 16.0. The summed E-state index contributed by atoms with van der Waals surface area (Å²) in [5.74, 6) is -4.04. The number of carbonyl (C=O) groups excluding carboxylic acids is 3. The number of nitrogens with one attached hydrogen (secondary N) is 1. The van der Waals surface area contributed by atoms with Crippen LogP contribution in [0.4, 0.5) is 10.1 Å². The Kier molecular flexibility index (Phi) is 4.18. The average molecular weight is 328 g/mol. The number of carbonyl (C=O) groups is 3. The number of esters is 2. The topological polar surface area (TPSA) is 81.7 Å². The van der Waals surface area contributed by atoms with Gasteiger partial charge in [-0.05, 0) is 12.1 Å². The van der Waals surface area contributed by atoms with Gasteiger partial charge in [0.2, 0.25) is 0 Å². The van der Waals surface area contributed by atoms with E-state index in [0.29, 0.717) is 6.29 Å². The highest BCUT2D eigenvalue weighted by Gasteiger charge is 2.39. The second-order valence-electron chi connectivity index (χ2n) is 4.83. The van der Waals surface area contributed by atoms with Crippen LogP contribution in [0.25, 0.3) is 0 Å².